The van der Waals surface area contributed by atoms with Gasteiger partial charge in [0, 0.05) is 33.7 Å². The number of ether oxygens (including phenoxy) is 1. The van der Waals surface area contributed by atoms with Gasteiger partial charge in [-0.05, 0) is 48.0 Å². The number of anilines is 1. The first kappa shape index (κ1) is 20.7. The molecule has 0 aliphatic carbocycles. The Hall–Kier alpha value is -3.58. The zero-order valence-electron chi connectivity index (χ0n) is 16.5. The first-order valence-electron chi connectivity index (χ1n) is 9.73. The Kier molecular flexibility index (Phi) is 6.33. The van der Waals surface area contributed by atoms with Crippen LogP contribution in [0.5, 0.6) is 5.75 Å². The smallest absolute Gasteiger partial charge is 0.410 e. The van der Waals surface area contributed by atoms with E-state index in [4.69, 9.17) is 4.74 Å². The van der Waals surface area contributed by atoms with E-state index in [2.05, 4.69) is 31.5 Å². The number of hydrogen-bond acceptors (Lipinski definition) is 3. The molecule has 3 N–H and O–H groups in total. The first-order valence-corrected chi connectivity index (χ1v) is 10.5. The summed E-state index contributed by atoms with van der Waals surface area (Å²) in [7, 11) is 0. The summed E-state index contributed by atoms with van der Waals surface area (Å²) in [5, 5.41) is 6.56. The predicted molar refractivity (Wildman–Crippen MR) is 124 cm³/mol. The van der Waals surface area contributed by atoms with Crippen LogP contribution in [0, 0.1) is 0 Å². The minimum absolute atomic E-state index is 0.302. The van der Waals surface area contributed by atoms with Crippen molar-refractivity contribution in [2.45, 2.75) is 12.5 Å². The lowest BCUT2D eigenvalue weighted by molar-refractivity contribution is -0.118. The molecule has 1 heterocycles. The molecule has 4 rings (SSSR count). The monoisotopic (exact) mass is 477 g/mol. The van der Waals surface area contributed by atoms with Gasteiger partial charge in [-0.25, -0.2) is 4.79 Å². The molecule has 0 aliphatic heterocycles. The molecule has 3 aromatic carbocycles. The van der Waals surface area contributed by atoms with Gasteiger partial charge in [-0.2, -0.15) is 0 Å². The second kappa shape index (κ2) is 9.49. The van der Waals surface area contributed by atoms with Gasteiger partial charge in [0.2, 0.25) is 5.91 Å². The molecule has 31 heavy (non-hydrogen) atoms. The van der Waals surface area contributed by atoms with Crippen LogP contribution < -0.4 is 15.4 Å². The maximum atomic E-state index is 13.0. The standard InChI is InChI=1S/C24H20BrN3O3/c25-17-10-12-18(13-11-17)27-23(29)22(28-24(30)31-19-6-2-1-3-7-19)14-16-15-26-21-9-5-4-8-20(16)21/h1-13,15,22,26H,14H2,(H,27,29)(H,28,30). The molecule has 156 valence electrons. The summed E-state index contributed by atoms with van der Waals surface area (Å²) in [6, 6.07) is 23.0. The van der Waals surface area contributed by atoms with Crippen LogP contribution in [-0.4, -0.2) is 23.0 Å². The molecule has 0 bridgehead atoms. The van der Waals surface area contributed by atoms with Crippen LogP contribution >= 0.6 is 15.9 Å². The lowest BCUT2D eigenvalue weighted by Crippen LogP contribution is -2.46. The molecule has 7 heteroatoms. The van der Waals surface area contributed by atoms with E-state index in [-0.39, 0.29) is 5.91 Å². The number of carbonyl (C=O) groups is 2. The minimum Gasteiger partial charge on any atom is -0.410 e. The summed E-state index contributed by atoms with van der Waals surface area (Å²) in [5.74, 6) is 0.0665. The molecular weight excluding hydrogens is 458 g/mol. The van der Waals surface area contributed by atoms with Crippen molar-refractivity contribution in [1.29, 1.82) is 0 Å². The summed E-state index contributed by atoms with van der Waals surface area (Å²) >= 11 is 3.38. The highest BCUT2D eigenvalue weighted by Gasteiger charge is 2.24. The third-order valence-corrected chi connectivity index (χ3v) is 5.30. The maximum Gasteiger partial charge on any atom is 0.413 e. The fraction of sp³-hybridized carbons (Fsp3) is 0.0833. The highest BCUT2D eigenvalue weighted by Crippen LogP contribution is 2.20. The molecule has 0 spiro atoms. The molecule has 4 aromatic rings. The van der Waals surface area contributed by atoms with Gasteiger partial charge in [-0.3, -0.25) is 4.79 Å². The summed E-state index contributed by atoms with van der Waals surface area (Å²) in [4.78, 5) is 28.7. The van der Waals surface area contributed by atoms with Crippen molar-refractivity contribution < 1.29 is 14.3 Å². The van der Waals surface area contributed by atoms with E-state index in [1.807, 2.05) is 48.7 Å². The van der Waals surface area contributed by atoms with Crippen molar-refractivity contribution in [3.63, 3.8) is 0 Å². The molecular formula is C24H20BrN3O3. The van der Waals surface area contributed by atoms with Crippen LogP contribution in [0.2, 0.25) is 0 Å². The van der Waals surface area contributed by atoms with E-state index in [0.29, 0.717) is 17.9 Å². The third kappa shape index (κ3) is 5.32. The number of hydrogen-bond donors (Lipinski definition) is 3. The lowest BCUT2D eigenvalue weighted by Gasteiger charge is -2.18. The average molecular weight is 478 g/mol. The zero-order chi connectivity index (χ0) is 21.6. The van der Waals surface area contributed by atoms with Gasteiger partial charge >= 0.3 is 6.09 Å². The lowest BCUT2D eigenvalue weighted by atomic mass is 10.0. The number of aromatic amines is 1. The Labute approximate surface area is 187 Å². The topological polar surface area (TPSA) is 83.2 Å². The van der Waals surface area contributed by atoms with Gasteiger partial charge in [0.1, 0.15) is 11.8 Å². The van der Waals surface area contributed by atoms with Crippen LogP contribution in [0.25, 0.3) is 10.9 Å². The Morgan fingerprint density at radius 2 is 1.65 bits per heavy atom. The van der Waals surface area contributed by atoms with E-state index in [0.717, 1.165) is 20.9 Å². The number of rotatable bonds is 6. The predicted octanol–water partition coefficient (Wildman–Crippen LogP) is 5.27. The van der Waals surface area contributed by atoms with E-state index < -0.39 is 12.1 Å². The molecule has 0 saturated heterocycles. The van der Waals surface area contributed by atoms with Crippen molar-refractivity contribution in [3.8, 4) is 5.75 Å². The van der Waals surface area contributed by atoms with Gasteiger partial charge in [-0.1, -0.05) is 52.3 Å². The van der Waals surface area contributed by atoms with E-state index >= 15 is 0 Å². The highest BCUT2D eigenvalue weighted by molar-refractivity contribution is 9.10. The normalized spacial score (nSPS) is 11.6. The minimum atomic E-state index is -0.834. The molecule has 6 nitrogen and oxygen atoms in total. The summed E-state index contributed by atoms with van der Waals surface area (Å²) in [5.41, 5.74) is 2.53. The summed E-state index contributed by atoms with van der Waals surface area (Å²) in [6.07, 6.45) is 1.47. The number of aromatic nitrogens is 1. The van der Waals surface area contributed by atoms with Gasteiger partial charge in [0.05, 0.1) is 0 Å². The fourth-order valence-electron chi connectivity index (χ4n) is 3.26. The quantitative estimate of drug-likeness (QED) is 0.353. The van der Waals surface area contributed by atoms with Gasteiger partial charge in [0.15, 0.2) is 0 Å². The van der Waals surface area contributed by atoms with E-state index in [1.165, 1.54) is 0 Å². The zero-order valence-corrected chi connectivity index (χ0v) is 18.1. The average Bonchev–Trinajstić information content (AvgIpc) is 3.18. The summed E-state index contributed by atoms with van der Waals surface area (Å²) < 4.78 is 6.23. The number of amides is 2. The number of H-pyrrole nitrogens is 1. The Morgan fingerprint density at radius 1 is 0.935 bits per heavy atom. The molecule has 2 amide bonds. The molecule has 0 radical (unpaired) electrons. The third-order valence-electron chi connectivity index (χ3n) is 4.77. The van der Waals surface area contributed by atoms with E-state index in [1.54, 1.807) is 36.4 Å². The van der Waals surface area contributed by atoms with Crippen molar-refractivity contribution in [2.24, 2.45) is 0 Å². The second-order valence-electron chi connectivity index (χ2n) is 6.96. The fourth-order valence-corrected chi connectivity index (χ4v) is 3.52. The van der Waals surface area contributed by atoms with Crippen LogP contribution in [0.15, 0.2) is 89.5 Å². The molecule has 0 saturated carbocycles. The van der Waals surface area contributed by atoms with Crippen LogP contribution in [0.3, 0.4) is 0 Å². The van der Waals surface area contributed by atoms with Gasteiger partial charge in [0.25, 0.3) is 0 Å². The number of halogens is 1. The highest BCUT2D eigenvalue weighted by atomic mass is 79.9. The number of carbonyl (C=O) groups excluding carboxylic acids is 2. The maximum absolute atomic E-state index is 13.0. The Balaban J connectivity index is 1.54. The Morgan fingerprint density at radius 3 is 2.42 bits per heavy atom. The molecule has 1 aromatic heterocycles. The van der Waals surface area contributed by atoms with Crippen LogP contribution in [0.4, 0.5) is 10.5 Å². The molecule has 0 fully saturated rings. The van der Waals surface area contributed by atoms with Crippen molar-refractivity contribution in [3.05, 3.63) is 95.1 Å². The molecule has 1 unspecified atom stereocenters. The van der Waals surface area contributed by atoms with Gasteiger partial charge < -0.3 is 20.4 Å². The number of benzene rings is 3. The summed E-state index contributed by atoms with van der Waals surface area (Å²) in [6.45, 7) is 0. The SMILES string of the molecule is O=C(NC(Cc1c[nH]c2ccccc12)C(=O)Nc1ccc(Br)cc1)Oc1ccccc1. The largest absolute Gasteiger partial charge is 0.413 e. The van der Waals surface area contributed by atoms with Crippen LogP contribution in [0.1, 0.15) is 5.56 Å². The number of para-hydroxylation sites is 2. The molecule has 0 aliphatic rings. The number of fused-ring (bicyclic) bond motifs is 1. The second-order valence-corrected chi connectivity index (χ2v) is 7.87. The molecule has 1 atom stereocenters. The number of nitrogens with one attached hydrogen (secondary N) is 3. The van der Waals surface area contributed by atoms with Crippen LogP contribution in [-0.2, 0) is 11.2 Å². The van der Waals surface area contributed by atoms with Crippen molar-refractivity contribution in [1.82, 2.24) is 10.3 Å². The first-order chi connectivity index (χ1) is 15.1. The Bertz CT molecular complexity index is 1190. The van der Waals surface area contributed by atoms with E-state index in [9.17, 15) is 9.59 Å². The van der Waals surface area contributed by atoms with Crippen molar-refractivity contribution >= 4 is 44.5 Å². The van der Waals surface area contributed by atoms with Gasteiger partial charge in [-0.15, -0.1) is 0 Å². The van der Waals surface area contributed by atoms with Crippen molar-refractivity contribution in [2.75, 3.05) is 5.32 Å².